The monoisotopic (exact) mass is 472 g/mol. The summed E-state index contributed by atoms with van der Waals surface area (Å²) in [5.41, 5.74) is 4.66. The molecule has 1 heterocycles. The van der Waals surface area contributed by atoms with E-state index >= 15 is 0 Å². The summed E-state index contributed by atoms with van der Waals surface area (Å²) in [6.45, 7) is 3.35. The van der Waals surface area contributed by atoms with Gasteiger partial charge in [0.15, 0.2) is 0 Å². The summed E-state index contributed by atoms with van der Waals surface area (Å²) in [5, 5.41) is 14.4. The maximum absolute atomic E-state index is 11.5. The number of nitrogens with zero attached hydrogens (tertiary/aromatic N) is 2. The molecule has 3 atom stereocenters. The number of aromatic amines is 1. The molecule has 6 heteroatoms. The van der Waals surface area contributed by atoms with Crippen molar-refractivity contribution in [2.24, 2.45) is 11.8 Å². The SMILES string of the molecule is CC(=O)Nc1cccc2[nH]c(CCCN(C)CC[C@]3(O)C[C@H]4CC[C@@H]3C=C4c3ccccc3)nc12. The minimum atomic E-state index is -0.589. The van der Waals surface area contributed by atoms with Crippen LogP contribution in [0.4, 0.5) is 5.69 Å². The van der Waals surface area contributed by atoms with E-state index < -0.39 is 5.60 Å². The molecule has 3 N–H and O–H groups in total. The van der Waals surface area contributed by atoms with Crippen LogP contribution in [-0.4, -0.2) is 51.6 Å². The third kappa shape index (κ3) is 5.19. The Hall–Kier alpha value is -2.96. The fraction of sp³-hybridized carbons (Fsp3) is 0.448. The van der Waals surface area contributed by atoms with Crippen molar-refractivity contribution in [3.63, 3.8) is 0 Å². The lowest BCUT2D eigenvalue weighted by Crippen LogP contribution is -2.48. The molecule has 1 aromatic heterocycles. The highest BCUT2D eigenvalue weighted by atomic mass is 16.3. The first-order valence-corrected chi connectivity index (χ1v) is 12.8. The van der Waals surface area contributed by atoms with Gasteiger partial charge in [0.25, 0.3) is 0 Å². The van der Waals surface area contributed by atoms with Crippen LogP contribution in [0.2, 0.25) is 0 Å². The van der Waals surface area contributed by atoms with Gasteiger partial charge < -0.3 is 20.3 Å². The number of aromatic nitrogens is 2. The molecule has 1 amide bonds. The van der Waals surface area contributed by atoms with Gasteiger partial charge in [-0.05, 0) is 74.9 Å². The lowest BCUT2D eigenvalue weighted by Gasteiger charge is -2.48. The molecule has 0 unspecified atom stereocenters. The number of nitrogens with one attached hydrogen (secondary N) is 2. The van der Waals surface area contributed by atoms with Crippen LogP contribution in [-0.2, 0) is 11.2 Å². The van der Waals surface area contributed by atoms with E-state index in [1.54, 1.807) is 0 Å². The van der Waals surface area contributed by atoms with Crippen LogP contribution in [0, 0.1) is 11.8 Å². The first-order valence-electron chi connectivity index (χ1n) is 12.8. The van der Waals surface area contributed by atoms with E-state index in [0.29, 0.717) is 5.92 Å². The number of H-pyrrole nitrogens is 1. The fourth-order valence-electron chi connectivity index (χ4n) is 5.94. The normalized spacial score (nSPS) is 23.6. The molecular formula is C29H36N4O2. The van der Waals surface area contributed by atoms with Crippen molar-refractivity contribution in [3.8, 4) is 0 Å². The number of rotatable bonds is 9. The molecule has 6 rings (SSSR count). The molecule has 2 aromatic carbocycles. The molecule has 3 aliphatic rings. The highest BCUT2D eigenvalue weighted by Crippen LogP contribution is 2.51. The van der Waals surface area contributed by atoms with Crippen molar-refractivity contribution in [1.82, 2.24) is 14.9 Å². The summed E-state index contributed by atoms with van der Waals surface area (Å²) in [4.78, 5) is 21.9. The summed E-state index contributed by atoms with van der Waals surface area (Å²) in [5.74, 6) is 1.56. The van der Waals surface area contributed by atoms with E-state index in [4.69, 9.17) is 4.98 Å². The molecule has 0 saturated heterocycles. The standard InChI is InChI=1S/C29H36N4O2/c1-20(34)30-25-10-6-11-26-28(25)32-27(31-26)12-7-16-33(2)17-15-29(35)19-22-13-14-23(29)18-24(22)21-8-4-3-5-9-21/h3-6,8-11,18,22-23,35H,7,12-17,19H2,1-2H3,(H,30,34)(H,31,32)/t22-,23-,29+/m1/s1. The van der Waals surface area contributed by atoms with E-state index in [1.165, 1.54) is 24.5 Å². The van der Waals surface area contributed by atoms with Gasteiger partial charge in [-0.3, -0.25) is 4.79 Å². The minimum absolute atomic E-state index is 0.0942. The molecule has 35 heavy (non-hydrogen) atoms. The van der Waals surface area contributed by atoms with Crippen LogP contribution in [0.15, 0.2) is 54.6 Å². The van der Waals surface area contributed by atoms with Crippen molar-refractivity contribution in [3.05, 3.63) is 66.0 Å². The molecule has 0 radical (unpaired) electrons. The van der Waals surface area contributed by atoms with Crippen LogP contribution >= 0.6 is 0 Å². The number of para-hydroxylation sites is 1. The van der Waals surface area contributed by atoms with Gasteiger partial charge in [0.05, 0.1) is 16.8 Å². The highest BCUT2D eigenvalue weighted by Gasteiger charge is 2.46. The Morgan fingerprint density at radius 1 is 1.17 bits per heavy atom. The van der Waals surface area contributed by atoms with Crippen LogP contribution < -0.4 is 5.32 Å². The Morgan fingerprint density at radius 3 is 2.74 bits per heavy atom. The number of anilines is 1. The zero-order valence-corrected chi connectivity index (χ0v) is 20.8. The number of benzene rings is 2. The maximum Gasteiger partial charge on any atom is 0.221 e. The van der Waals surface area contributed by atoms with Gasteiger partial charge in [0, 0.05) is 25.8 Å². The zero-order valence-electron chi connectivity index (χ0n) is 20.8. The Labute approximate surface area is 207 Å². The number of carbonyl (C=O) groups excluding carboxylic acids is 1. The second-order valence-corrected chi connectivity index (χ2v) is 10.4. The minimum Gasteiger partial charge on any atom is -0.389 e. The van der Waals surface area contributed by atoms with Crippen LogP contribution in [0.3, 0.4) is 0 Å². The average Bonchev–Trinajstić information content (AvgIpc) is 3.27. The first kappa shape index (κ1) is 23.8. The molecule has 184 valence electrons. The molecule has 0 spiro atoms. The largest absolute Gasteiger partial charge is 0.389 e. The Kier molecular flexibility index (Phi) is 6.76. The second-order valence-electron chi connectivity index (χ2n) is 10.4. The van der Waals surface area contributed by atoms with E-state index in [0.717, 1.165) is 67.7 Å². The topological polar surface area (TPSA) is 81.2 Å². The predicted molar refractivity (Wildman–Crippen MR) is 141 cm³/mol. The number of aryl methyl sites for hydroxylation is 1. The van der Waals surface area contributed by atoms with Crippen molar-refractivity contribution < 1.29 is 9.90 Å². The predicted octanol–water partition coefficient (Wildman–Crippen LogP) is 5.02. The van der Waals surface area contributed by atoms with Crippen molar-refractivity contribution in [2.75, 3.05) is 25.5 Å². The van der Waals surface area contributed by atoms with Crippen LogP contribution in [0.25, 0.3) is 16.6 Å². The lowest BCUT2D eigenvalue weighted by atomic mass is 9.61. The van der Waals surface area contributed by atoms with E-state index in [2.05, 4.69) is 58.7 Å². The van der Waals surface area contributed by atoms with Gasteiger partial charge in [-0.15, -0.1) is 0 Å². The summed E-state index contributed by atoms with van der Waals surface area (Å²) >= 11 is 0. The lowest BCUT2D eigenvalue weighted by molar-refractivity contribution is -0.114. The molecule has 1 fully saturated rings. The van der Waals surface area contributed by atoms with E-state index in [1.807, 2.05) is 18.2 Å². The van der Waals surface area contributed by atoms with Crippen molar-refractivity contribution >= 4 is 28.2 Å². The van der Waals surface area contributed by atoms with Gasteiger partial charge in [-0.1, -0.05) is 42.5 Å². The quantitative estimate of drug-likeness (QED) is 0.408. The molecule has 1 saturated carbocycles. The Morgan fingerprint density at radius 2 is 2.00 bits per heavy atom. The summed E-state index contributed by atoms with van der Waals surface area (Å²) < 4.78 is 0. The highest BCUT2D eigenvalue weighted by molar-refractivity contribution is 5.98. The summed E-state index contributed by atoms with van der Waals surface area (Å²) in [6.07, 6.45) is 8.16. The number of aliphatic hydroxyl groups is 1. The molecule has 3 aromatic rings. The molecule has 3 aliphatic carbocycles. The van der Waals surface area contributed by atoms with Gasteiger partial charge in [0.1, 0.15) is 11.3 Å². The molecular weight excluding hydrogens is 436 g/mol. The van der Waals surface area contributed by atoms with Crippen molar-refractivity contribution in [1.29, 1.82) is 0 Å². The first-order chi connectivity index (χ1) is 16.9. The Balaban J connectivity index is 1.13. The van der Waals surface area contributed by atoms with E-state index in [-0.39, 0.29) is 11.8 Å². The van der Waals surface area contributed by atoms with Gasteiger partial charge in [-0.25, -0.2) is 4.98 Å². The molecule has 2 bridgehead atoms. The van der Waals surface area contributed by atoms with Gasteiger partial charge in [-0.2, -0.15) is 0 Å². The van der Waals surface area contributed by atoms with Gasteiger partial charge in [0.2, 0.25) is 5.91 Å². The summed E-state index contributed by atoms with van der Waals surface area (Å²) in [6, 6.07) is 16.4. The maximum atomic E-state index is 11.5. The second kappa shape index (κ2) is 9.96. The number of amides is 1. The number of hydrogen-bond acceptors (Lipinski definition) is 4. The fourth-order valence-corrected chi connectivity index (χ4v) is 5.94. The van der Waals surface area contributed by atoms with Crippen molar-refractivity contribution in [2.45, 2.75) is 51.0 Å². The molecule has 6 nitrogen and oxygen atoms in total. The zero-order chi connectivity index (χ0) is 24.4. The van der Waals surface area contributed by atoms with Gasteiger partial charge >= 0.3 is 0 Å². The number of allylic oxidation sites excluding steroid dienone is 1. The number of hydrogen-bond donors (Lipinski definition) is 3. The third-order valence-electron chi connectivity index (χ3n) is 7.80. The number of carbonyl (C=O) groups is 1. The average molecular weight is 473 g/mol. The van der Waals surface area contributed by atoms with Crippen LogP contribution in [0.1, 0.15) is 50.4 Å². The number of imidazole rings is 1. The molecule has 0 aliphatic heterocycles. The number of fused-ring (bicyclic) bond motifs is 3. The van der Waals surface area contributed by atoms with E-state index in [9.17, 15) is 9.90 Å². The summed E-state index contributed by atoms with van der Waals surface area (Å²) in [7, 11) is 2.14. The third-order valence-corrected chi connectivity index (χ3v) is 7.80. The smallest absolute Gasteiger partial charge is 0.221 e. The Bertz CT molecular complexity index is 1220. The van der Waals surface area contributed by atoms with Crippen LogP contribution in [0.5, 0.6) is 0 Å².